The second kappa shape index (κ2) is 5.02. The summed E-state index contributed by atoms with van der Waals surface area (Å²) >= 11 is 5.21. The summed E-state index contributed by atoms with van der Waals surface area (Å²) < 4.78 is 13.7. The third-order valence-corrected chi connectivity index (χ3v) is 6.58. The van der Waals surface area contributed by atoms with Gasteiger partial charge in [0.05, 0.1) is 23.6 Å². The van der Waals surface area contributed by atoms with Gasteiger partial charge in [0, 0.05) is 20.5 Å². The smallest absolute Gasteiger partial charge is 0.145 e. The average Bonchev–Trinajstić information content (AvgIpc) is 3.21. The minimum absolute atomic E-state index is 0.954. The third kappa shape index (κ3) is 1.88. The van der Waals surface area contributed by atoms with Crippen LogP contribution in [0.5, 0.6) is 11.5 Å². The van der Waals surface area contributed by atoms with Crippen molar-refractivity contribution in [1.82, 2.24) is 0 Å². The summed E-state index contributed by atoms with van der Waals surface area (Å²) in [5, 5.41) is 6.45. The van der Waals surface area contributed by atoms with Crippen molar-refractivity contribution in [3.05, 3.63) is 35.0 Å². The van der Waals surface area contributed by atoms with E-state index in [9.17, 15) is 0 Å². The van der Waals surface area contributed by atoms with Crippen LogP contribution in [0.25, 0.3) is 29.9 Å². The first kappa shape index (κ1) is 13.1. The summed E-state index contributed by atoms with van der Waals surface area (Å²) in [5.74, 6) is 1.91. The highest BCUT2D eigenvalue weighted by atomic mass is 32.1. The summed E-state index contributed by atoms with van der Waals surface area (Å²) in [7, 11) is 3.48. The van der Waals surface area contributed by atoms with E-state index in [2.05, 4.69) is 35.0 Å². The summed E-state index contributed by atoms with van der Waals surface area (Å²) in [6.07, 6.45) is 0. The van der Waals surface area contributed by atoms with Crippen LogP contribution in [0.3, 0.4) is 0 Å². The highest BCUT2D eigenvalue weighted by Crippen LogP contribution is 2.50. The van der Waals surface area contributed by atoms with Crippen LogP contribution < -0.4 is 9.47 Å². The Morgan fingerprint density at radius 3 is 2.33 bits per heavy atom. The largest absolute Gasteiger partial charge is 0.495 e. The van der Waals surface area contributed by atoms with E-state index in [1.54, 1.807) is 48.2 Å². The van der Waals surface area contributed by atoms with Crippen molar-refractivity contribution < 1.29 is 9.47 Å². The van der Waals surface area contributed by atoms with Crippen molar-refractivity contribution in [2.45, 2.75) is 0 Å². The lowest BCUT2D eigenvalue weighted by atomic mass is 10.1. The number of rotatable bonds is 3. The predicted molar refractivity (Wildman–Crippen MR) is 93.6 cm³/mol. The summed E-state index contributed by atoms with van der Waals surface area (Å²) in [5.41, 5.74) is 0. The maximum Gasteiger partial charge on any atom is 0.145 e. The molecule has 0 saturated carbocycles. The zero-order valence-electron chi connectivity index (χ0n) is 11.5. The first-order valence-electron chi connectivity index (χ1n) is 6.42. The molecule has 0 aliphatic rings. The second-order valence-corrected chi connectivity index (χ2v) is 7.48. The molecule has 0 saturated heterocycles. The lowest BCUT2D eigenvalue weighted by Gasteiger charge is -2.08. The number of ether oxygens (including phenoxy) is 2. The Labute approximate surface area is 134 Å². The van der Waals surface area contributed by atoms with Crippen molar-refractivity contribution in [2.24, 2.45) is 0 Å². The van der Waals surface area contributed by atoms with Crippen LogP contribution in [0.15, 0.2) is 35.0 Å². The number of methoxy groups -OCH3 is 2. The molecule has 5 heteroatoms. The van der Waals surface area contributed by atoms with Crippen LogP contribution in [-0.2, 0) is 0 Å². The Kier molecular flexibility index (Phi) is 3.14. The number of hydrogen-bond donors (Lipinski definition) is 0. The fourth-order valence-corrected chi connectivity index (χ4v) is 5.53. The van der Waals surface area contributed by atoms with Gasteiger partial charge in [-0.25, -0.2) is 0 Å². The standard InChI is InChI=1S/C16H12O2S3/c1-17-13-9-5-7-20-15(9)14(18-2)10-8-12(21-16(10)13)11-4-3-6-19-11/h3-8H,1-2H3. The molecule has 0 spiro atoms. The molecule has 21 heavy (non-hydrogen) atoms. The Balaban J connectivity index is 2.13. The van der Waals surface area contributed by atoms with Gasteiger partial charge in [0.15, 0.2) is 0 Å². The molecule has 0 bridgehead atoms. The highest BCUT2D eigenvalue weighted by Gasteiger charge is 2.19. The molecule has 2 nitrogen and oxygen atoms in total. The molecule has 3 heterocycles. The summed E-state index contributed by atoms with van der Waals surface area (Å²) in [6, 6.07) is 8.55. The van der Waals surface area contributed by atoms with Crippen molar-refractivity contribution in [3.63, 3.8) is 0 Å². The van der Waals surface area contributed by atoms with E-state index in [4.69, 9.17) is 9.47 Å². The van der Waals surface area contributed by atoms with Crippen LogP contribution in [-0.4, -0.2) is 14.2 Å². The molecule has 0 N–H and O–H groups in total. The summed E-state index contributed by atoms with van der Waals surface area (Å²) in [6.45, 7) is 0. The van der Waals surface area contributed by atoms with Gasteiger partial charge in [0.2, 0.25) is 0 Å². The van der Waals surface area contributed by atoms with Crippen LogP contribution in [0.2, 0.25) is 0 Å². The van der Waals surface area contributed by atoms with Gasteiger partial charge in [-0.1, -0.05) is 6.07 Å². The molecule has 4 aromatic rings. The first-order chi connectivity index (χ1) is 10.3. The molecule has 1 aromatic carbocycles. The Hall–Kier alpha value is -1.56. The molecule has 4 rings (SSSR count). The van der Waals surface area contributed by atoms with E-state index in [1.165, 1.54) is 9.75 Å². The predicted octanol–water partition coefficient (Wildman–Crippen LogP) is 5.86. The van der Waals surface area contributed by atoms with E-state index in [-0.39, 0.29) is 0 Å². The Morgan fingerprint density at radius 1 is 0.810 bits per heavy atom. The normalized spacial score (nSPS) is 11.3. The molecule has 0 atom stereocenters. The molecule has 0 aliphatic carbocycles. The Bertz CT molecular complexity index is 860. The van der Waals surface area contributed by atoms with E-state index in [0.717, 1.165) is 31.7 Å². The molecule has 0 fully saturated rings. The van der Waals surface area contributed by atoms with Crippen molar-refractivity contribution in [3.8, 4) is 21.3 Å². The Morgan fingerprint density at radius 2 is 1.62 bits per heavy atom. The van der Waals surface area contributed by atoms with Crippen LogP contribution in [0, 0.1) is 0 Å². The van der Waals surface area contributed by atoms with Gasteiger partial charge in [-0.2, -0.15) is 0 Å². The van der Waals surface area contributed by atoms with Gasteiger partial charge >= 0.3 is 0 Å². The van der Waals surface area contributed by atoms with Gasteiger partial charge in [0.25, 0.3) is 0 Å². The van der Waals surface area contributed by atoms with E-state index in [0.29, 0.717) is 0 Å². The van der Waals surface area contributed by atoms with Crippen LogP contribution >= 0.6 is 34.0 Å². The zero-order valence-corrected chi connectivity index (χ0v) is 14.0. The third-order valence-electron chi connectivity index (χ3n) is 3.47. The highest BCUT2D eigenvalue weighted by molar-refractivity contribution is 7.26. The number of hydrogen-bond acceptors (Lipinski definition) is 5. The maximum absolute atomic E-state index is 5.69. The average molecular weight is 332 g/mol. The van der Waals surface area contributed by atoms with Gasteiger partial charge in [-0.3, -0.25) is 0 Å². The zero-order chi connectivity index (χ0) is 14.4. The monoisotopic (exact) mass is 332 g/mol. The van der Waals surface area contributed by atoms with Gasteiger partial charge < -0.3 is 9.47 Å². The first-order valence-corrected chi connectivity index (χ1v) is 8.99. The van der Waals surface area contributed by atoms with Crippen LogP contribution in [0.1, 0.15) is 0 Å². The lowest BCUT2D eigenvalue weighted by molar-refractivity contribution is 0.419. The maximum atomic E-state index is 5.69. The molecule has 0 unspecified atom stereocenters. The quantitative estimate of drug-likeness (QED) is 0.468. The van der Waals surface area contributed by atoms with Crippen LogP contribution in [0.4, 0.5) is 0 Å². The molecule has 3 aromatic heterocycles. The van der Waals surface area contributed by atoms with Gasteiger partial charge in [0.1, 0.15) is 11.5 Å². The number of thiophene rings is 3. The van der Waals surface area contributed by atoms with E-state index in [1.807, 2.05) is 0 Å². The lowest BCUT2D eigenvalue weighted by Crippen LogP contribution is -1.88. The summed E-state index contributed by atoms with van der Waals surface area (Å²) in [4.78, 5) is 2.54. The van der Waals surface area contributed by atoms with Gasteiger partial charge in [-0.05, 0) is 29.0 Å². The topological polar surface area (TPSA) is 18.5 Å². The van der Waals surface area contributed by atoms with Crippen molar-refractivity contribution in [2.75, 3.05) is 14.2 Å². The molecule has 0 radical (unpaired) electrons. The second-order valence-electron chi connectivity index (χ2n) is 4.56. The molecule has 106 valence electrons. The van der Waals surface area contributed by atoms with Gasteiger partial charge in [-0.15, -0.1) is 34.0 Å². The van der Waals surface area contributed by atoms with Crippen molar-refractivity contribution >= 4 is 54.2 Å². The SMILES string of the molecule is COc1c2cc(-c3cccs3)sc2c(OC)c2ccsc12. The van der Waals surface area contributed by atoms with Crippen molar-refractivity contribution in [1.29, 1.82) is 0 Å². The number of benzene rings is 1. The molecule has 0 amide bonds. The minimum atomic E-state index is 0.954. The molecular formula is C16H12O2S3. The van der Waals surface area contributed by atoms with E-state index < -0.39 is 0 Å². The fraction of sp³-hybridized carbons (Fsp3) is 0.125. The molecule has 0 aliphatic heterocycles. The number of fused-ring (bicyclic) bond motifs is 2. The minimum Gasteiger partial charge on any atom is -0.495 e. The van der Waals surface area contributed by atoms with E-state index >= 15 is 0 Å². The molecular weight excluding hydrogens is 320 g/mol. The fourth-order valence-electron chi connectivity index (χ4n) is 2.58.